The number of furan rings is 1. The third-order valence-electron chi connectivity index (χ3n) is 4.88. The zero-order valence-corrected chi connectivity index (χ0v) is 17.6. The van der Waals surface area contributed by atoms with Gasteiger partial charge >= 0.3 is 5.91 Å². The van der Waals surface area contributed by atoms with Crippen molar-refractivity contribution in [3.63, 3.8) is 0 Å². The number of benzene rings is 2. The van der Waals surface area contributed by atoms with Crippen molar-refractivity contribution >= 4 is 22.8 Å². The molecule has 1 aromatic heterocycles. The fraction of sp³-hybridized carbons (Fsp3) is 0.304. The maximum Gasteiger partial charge on any atom is 0.305 e. The number of carbonyl (C=O) groups is 2. The third kappa shape index (κ3) is 4.63. The summed E-state index contributed by atoms with van der Waals surface area (Å²) in [6, 6.07) is 13.0. The van der Waals surface area contributed by atoms with Gasteiger partial charge in [-0.1, -0.05) is 30.3 Å². The van der Waals surface area contributed by atoms with Crippen LogP contribution in [0.3, 0.4) is 0 Å². The molecule has 1 heterocycles. The predicted molar refractivity (Wildman–Crippen MR) is 113 cm³/mol. The van der Waals surface area contributed by atoms with Crippen molar-refractivity contribution in [3.8, 4) is 5.75 Å². The lowest BCUT2D eigenvalue weighted by atomic mass is 10.1. The van der Waals surface area contributed by atoms with Crippen LogP contribution in [0.1, 0.15) is 41.1 Å². The molecule has 3 aromatic rings. The van der Waals surface area contributed by atoms with Gasteiger partial charge in [-0.05, 0) is 51.0 Å². The molecule has 2 amide bonds. The zero-order valence-electron chi connectivity index (χ0n) is 17.6. The van der Waals surface area contributed by atoms with Crippen LogP contribution in [-0.4, -0.2) is 24.5 Å². The number of aryl methyl sites for hydroxylation is 1. The Bertz CT molecular complexity index is 1060. The lowest BCUT2D eigenvalue weighted by Crippen LogP contribution is -2.47. The Morgan fingerprint density at radius 3 is 2.60 bits per heavy atom. The maximum absolute atomic E-state index is 12.7. The minimum Gasteiger partial charge on any atom is -0.481 e. The predicted octanol–water partition coefficient (Wildman–Crippen LogP) is 3.81. The number of para-hydroxylation sites is 1. The van der Waals surface area contributed by atoms with Gasteiger partial charge in [0, 0.05) is 17.6 Å². The van der Waals surface area contributed by atoms with E-state index in [0.29, 0.717) is 23.5 Å². The molecule has 0 aliphatic heterocycles. The second kappa shape index (κ2) is 9.45. The molecule has 158 valence electrons. The van der Waals surface area contributed by atoms with Gasteiger partial charge in [0.15, 0.2) is 11.9 Å². The molecule has 1 atom stereocenters. The molecule has 0 saturated carbocycles. The summed E-state index contributed by atoms with van der Waals surface area (Å²) in [6.07, 6.45) is -0.802. The summed E-state index contributed by atoms with van der Waals surface area (Å²) in [5, 5.41) is 0.800. The van der Waals surface area contributed by atoms with E-state index >= 15 is 0 Å². The summed E-state index contributed by atoms with van der Waals surface area (Å²) >= 11 is 0. The molecule has 0 aliphatic carbocycles. The molecule has 0 spiro atoms. The maximum atomic E-state index is 12.7. The minimum atomic E-state index is -0.802. The highest BCUT2D eigenvalue weighted by atomic mass is 16.5. The van der Waals surface area contributed by atoms with Crippen molar-refractivity contribution in [2.75, 3.05) is 6.61 Å². The molecule has 2 aromatic carbocycles. The van der Waals surface area contributed by atoms with Gasteiger partial charge < -0.3 is 13.9 Å². The molecule has 0 fully saturated rings. The van der Waals surface area contributed by atoms with Crippen LogP contribution in [0.15, 0.2) is 46.9 Å². The van der Waals surface area contributed by atoms with E-state index in [-0.39, 0.29) is 12.4 Å². The summed E-state index contributed by atoms with van der Waals surface area (Å²) in [6.45, 7) is 8.13. The molecule has 7 nitrogen and oxygen atoms in total. The second-order valence-corrected chi connectivity index (χ2v) is 6.94. The van der Waals surface area contributed by atoms with Crippen molar-refractivity contribution < 1.29 is 23.5 Å². The number of amides is 2. The van der Waals surface area contributed by atoms with E-state index in [4.69, 9.17) is 13.9 Å². The number of nitrogens with one attached hydrogen (secondary N) is 2. The quantitative estimate of drug-likeness (QED) is 0.578. The molecule has 0 bridgehead atoms. The van der Waals surface area contributed by atoms with Gasteiger partial charge in [0.25, 0.3) is 5.91 Å². The first-order valence-corrected chi connectivity index (χ1v) is 9.83. The second-order valence-electron chi connectivity index (χ2n) is 6.94. The van der Waals surface area contributed by atoms with Gasteiger partial charge in [-0.3, -0.25) is 20.4 Å². The Balaban J connectivity index is 1.67. The van der Waals surface area contributed by atoms with Crippen LogP contribution in [-0.2, 0) is 16.1 Å². The van der Waals surface area contributed by atoms with E-state index < -0.39 is 17.9 Å². The summed E-state index contributed by atoms with van der Waals surface area (Å²) in [4.78, 5) is 25.1. The van der Waals surface area contributed by atoms with E-state index in [9.17, 15) is 9.59 Å². The first-order chi connectivity index (χ1) is 14.4. The first kappa shape index (κ1) is 21.4. The van der Waals surface area contributed by atoms with Crippen LogP contribution in [0.25, 0.3) is 11.0 Å². The molecule has 0 aliphatic rings. The van der Waals surface area contributed by atoms with Gasteiger partial charge in [-0.15, -0.1) is 0 Å². The fourth-order valence-corrected chi connectivity index (χ4v) is 3.00. The summed E-state index contributed by atoms with van der Waals surface area (Å²) < 4.78 is 16.9. The van der Waals surface area contributed by atoms with Gasteiger partial charge in [-0.2, -0.15) is 0 Å². The molecule has 0 saturated heterocycles. The lowest BCUT2D eigenvalue weighted by molar-refractivity contribution is -0.128. The highest BCUT2D eigenvalue weighted by Crippen LogP contribution is 2.26. The van der Waals surface area contributed by atoms with Crippen LogP contribution in [0.2, 0.25) is 0 Å². The van der Waals surface area contributed by atoms with Crippen molar-refractivity contribution in [1.29, 1.82) is 0 Å². The van der Waals surface area contributed by atoms with Crippen molar-refractivity contribution in [1.82, 2.24) is 10.9 Å². The summed E-state index contributed by atoms with van der Waals surface area (Å²) in [5.74, 6) is -0.312. The lowest BCUT2D eigenvalue weighted by Gasteiger charge is -2.17. The van der Waals surface area contributed by atoms with E-state index in [2.05, 4.69) is 10.9 Å². The Labute approximate surface area is 175 Å². The number of carbonyl (C=O) groups excluding carboxylic acids is 2. The topological polar surface area (TPSA) is 89.8 Å². The fourth-order valence-electron chi connectivity index (χ4n) is 3.00. The third-order valence-corrected chi connectivity index (χ3v) is 4.88. The average molecular weight is 410 g/mol. The average Bonchev–Trinajstić information content (AvgIpc) is 3.12. The molecular weight excluding hydrogens is 384 g/mol. The summed E-state index contributed by atoms with van der Waals surface area (Å²) in [5.41, 5.74) is 8.05. The Hall–Kier alpha value is -3.32. The monoisotopic (exact) mass is 410 g/mol. The number of hydrogen-bond acceptors (Lipinski definition) is 5. The number of rotatable bonds is 7. The van der Waals surface area contributed by atoms with Crippen molar-refractivity contribution in [2.45, 2.75) is 40.4 Å². The van der Waals surface area contributed by atoms with Crippen LogP contribution < -0.4 is 15.6 Å². The van der Waals surface area contributed by atoms with Crippen LogP contribution in [0, 0.1) is 13.8 Å². The largest absolute Gasteiger partial charge is 0.481 e. The first-order valence-electron chi connectivity index (χ1n) is 9.83. The highest BCUT2D eigenvalue weighted by Gasteiger charge is 2.22. The number of hydrogen-bond donors (Lipinski definition) is 2. The van der Waals surface area contributed by atoms with E-state index in [1.165, 1.54) is 0 Å². The molecular formula is C23H26N2O5. The molecule has 0 radical (unpaired) electrons. The Morgan fingerprint density at radius 2 is 1.83 bits per heavy atom. The van der Waals surface area contributed by atoms with Gasteiger partial charge in [0.2, 0.25) is 0 Å². The van der Waals surface area contributed by atoms with Crippen molar-refractivity contribution in [2.24, 2.45) is 0 Å². The summed E-state index contributed by atoms with van der Waals surface area (Å²) in [7, 11) is 0. The minimum absolute atomic E-state index is 0.105. The van der Waals surface area contributed by atoms with E-state index in [1.54, 1.807) is 19.1 Å². The molecule has 2 N–H and O–H groups in total. The zero-order chi connectivity index (χ0) is 21.7. The standard InChI is InChI=1S/C23H26N2O5/c1-5-28-13-18-17-10-6-7-11-20(17)30-21(18)23(27)25-24-22(26)16(4)29-19-12-8-9-14(2)15(19)3/h6-12,16H,5,13H2,1-4H3,(H,24,26)(H,25,27)/t16-/m0/s1. The molecule has 7 heteroatoms. The van der Waals surface area contributed by atoms with E-state index in [1.807, 2.05) is 51.1 Å². The Morgan fingerprint density at radius 1 is 1.07 bits per heavy atom. The van der Waals surface area contributed by atoms with Gasteiger partial charge in [0.05, 0.1) is 6.61 Å². The number of hydrazine groups is 1. The number of ether oxygens (including phenoxy) is 2. The van der Waals surface area contributed by atoms with E-state index in [0.717, 1.165) is 16.5 Å². The molecule has 30 heavy (non-hydrogen) atoms. The normalized spacial score (nSPS) is 11.9. The van der Waals surface area contributed by atoms with Crippen LogP contribution >= 0.6 is 0 Å². The van der Waals surface area contributed by atoms with Gasteiger partial charge in [-0.25, -0.2) is 0 Å². The molecule has 0 unspecified atom stereocenters. The smallest absolute Gasteiger partial charge is 0.305 e. The van der Waals surface area contributed by atoms with Crippen LogP contribution in [0.4, 0.5) is 0 Å². The number of fused-ring (bicyclic) bond motifs is 1. The Kier molecular flexibility index (Phi) is 6.74. The van der Waals surface area contributed by atoms with Gasteiger partial charge in [0.1, 0.15) is 11.3 Å². The highest BCUT2D eigenvalue weighted by molar-refractivity contribution is 5.99. The molecule has 3 rings (SSSR count). The van der Waals surface area contributed by atoms with Crippen molar-refractivity contribution in [3.05, 3.63) is 64.9 Å². The van der Waals surface area contributed by atoms with Crippen LogP contribution in [0.5, 0.6) is 5.75 Å². The SMILES string of the molecule is CCOCc1c(C(=O)NNC(=O)[C@H](C)Oc2cccc(C)c2C)oc2ccccc12.